The van der Waals surface area contributed by atoms with Gasteiger partial charge in [0.05, 0.1) is 11.3 Å². The first-order chi connectivity index (χ1) is 13.6. The molecule has 0 N–H and O–H groups in total. The lowest BCUT2D eigenvalue weighted by atomic mass is 9.99. The van der Waals surface area contributed by atoms with Crippen LogP contribution in [0.4, 0.5) is 5.95 Å². The molecule has 2 aliphatic rings. The van der Waals surface area contributed by atoms with Crippen molar-refractivity contribution in [3.8, 4) is 0 Å². The summed E-state index contributed by atoms with van der Waals surface area (Å²) in [5, 5.41) is 0. The summed E-state index contributed by atoms with van der Waals surface area (Å²) in [6.45, 7) is 7.11. The van der Waals surface area contributed by atoms with Crippen LogP contribution in [-0.4, -0.2) is 72.0 Å². The van der Waals surface area contributed by atoms with Gasteiger partial charge in [0.25, 0.3) is 5.91 Å². The summed E-state index contributed by atoms with van der Waals surface area (Å²) in [4.78, 5) is 28.5. The van der Waals surface area contributed by atoms with E-state index < -0.39 is 0 Å². The van der Waals surface area contributed by atoms with Crippen LogP contribution < -0.4 is 4.90 Å². The van der Waals surface area contributed by atoms with Gasteiger partial charge in [0.15, 0.2) is 0 Å². The number of anilines is 1. The Morgan fingerprint density at radius 2 is 1.79 bits per heavy atom. The molecular formula is C22H27N5O. The monoisotopic (exact) mass is 377 g/mol. The van der Waals surface area contributed by atoms with Crippen molar-refractivity contribution >= 4 is 17.4 Å². The van der Waals surface area contributed by atoms with Crippen molar-refractivity contribution in [1.29, 1.82) is 0 Å². The SMILES string of the molecule is Cc1nc(N2CCN(C)CC2)ncc1C(=O)N1CC=C(c2ccccc2)CC1. The van der Waals surface area contributed by atoms with Crippen LogP contribution in [0.1, 0.15) is 28.0 Å². The zero-order valence-electron chi connectivity index (χ0n) is 16.6. The van der Waals surface area contributed by atoms with Gasteiger partial charge in [-0.15, -0.1) is 0 Å². The number of hydrogen-bond acceptors (Lipinski definition) is 5. The van der Waals surface area contributed by atoms with Gasteiger partial charge in [-0.25, -0.2) is 9.97 Å². The van der Waals surface area contributed by atoms with Crippen molar-refractivity contribution in [1.82, 2.24) is 19.8 Å². The van der Waals surface area contributed by atoms with Crippen molar-refractivity contribution in [2.75, 3.05) is 51.2 Å². The van der Waals surface area contributed by atoms with Gasteiger partial charge in [-0.3, -0.25) is 4.79 Å². The molecule has 0 unspecified atom stereocenters. The molecule has 28 heavy (non-hydrogen) atoms. The first-order valence-electron chi connectivity index (χ1n) is 9.92. The molecule has 2 aromatic rings. The van der Waals surface area contributed by atoms with E-state index in [1.807, 2.05) is 17.9 Å². The standard InChI is InChI=1S/C22H27N5O/c1-17-20(16-23-22(24-17)27-14-12-25(2)13-15-27)21(28)26-10-8-19(9-11-26)18-6-4-3-5-7-18/h3-8,16H,9-15H2,1-2H3. The molecule has 0 aliphatic carbocycles. The average molecular weight is 377 g/mol. The molecule has 0 radical (unpaired) electrons. The van der Waals surface area contributed by atoms with E-state index in [2.05, 4.69) is 57.2 Å². The zero-order valence-corrected chi connectivity index (χ0v) is 16.6. The molecule has 4 rings (SSSR count). The minimum atomic E-state index is 0.0192. The molecule has 2 aliphatic heterocycles. The van der Waals surface area contributed by atoms with Crippen LogP contribution in [0.5, 0.6) is 0 Å². The first-order valence-corrected chi connectivity index (χ1v) is 9.92. The van der Waals surface area contributed by atoms with Crippen LogP contribution in [0.2, 0.25) is 0 Å². The second kappa shape index (κ2) is 8.10. The molecule has 1 aromatic carbocycles. The minimum Gasteiger partial charge on any atom is -0.338 e. The third-order valence-corrected chi connectivity index (χ3v) is 5.62. The molecule has 3 heterocycles. The Labute approximate surface area is 166 Å². The molecule has 0 bridgehead atoms. The predicted molar refractivity (Wildman–Crippen MR) is 111 cm³/mol. The zero-order chi connectivity index (χ0) is 19.5. The van der Waals surface area contributed by atoms with Crippen molar-refractivity contribution in [3.63, 3.8) is 0 Å². The molecule has 146 valence electrons. The number of amides is 1. The van der Waals surface area contributed by atoms with Crippen LogP contribution in [0.25, 0.3) is 5.57 Å². The Balaban J connectivity index is 1.44. The summed E-state index contributed by atoms with van der Waals surface area (Å²) in [7, 11) is 2.13. The highest BCUT2D eigenvalue weighted by Crippen LogP contribution is 2.23. The van der Waals surface area contributed by atoms with Crippen LogP contribution in [-0.2, 0) is 0 Å². The maximum absolute atomic E-state index is 13.0. The fourth-order valence-corrected chi connectivity index (χ4v) is 3.76. The van der Waals surface area contributed by atoms with Crippen molar-refractivity contribution < 1.29 is 4.79 Å². The number of carbonyl (C=O) groups excluding carboxylic acids is 1. The lowest BCUT2D eigenvalue weighted by Crippen LogP contribution is -2.45. The van der Waals surface area contributed by atoms with E-state index in [4.69, 9.17) is 0 Å². The number of hydrogen-bond donors (Lipinski definition) is 0. The number of aromatic nitrogens is 2. The van der Waals surface area contributed by atoms with Crippen molar-refractivity contribution in [2.45, 2.75) is 13.3 Å². The fraction of sp³-hybridized carbons (Fsp3) is 0.409. The topological polar surface area (TPSA) is 52.6 Å². The smallest absolute Gasteiger partial charge is 0.257 e. The minimum absolute atomic E-state index is 0.0192. The van der Waals surface area contributed by atoms with Crippen LogP contribution in [0, 0.1) is 6.92 Å². The lowest BCUT2D eigenvalue weighted by molar-refractivity contribution is 0.0771. The highest BCUT2D eigenvalue weighted by atomic mass is 16.2. The predicted octanol–water partition coefficient (Wildman–Crippen LogP) is 2.47. The van der Waals surface area contributed by atoms with Gasteiger partial charge < -0.3 is 14.7 Å². The number of nitrogens with zero attached hydrogens (tertiary/aromatic N) is 5. The second-order valence-corrected chi connectivity index (χ2v) is 7.56. The van der Waals surface area contributed by atoms with Crippen molar-refractivity contribution in [3.05, 3.63) is 59.4 Å². The Hall–Kier alpha value is -2.73. The van der Waals surface area contributed by atoms with Crippen LogP contribution in [0.3, 0.4) is 0 Å². The maximum Gasteiger partial charge on any atom is 0.257 e. The van der Waals surface area contributed by atoms with Gasteiger partial charge in [-0.2, -0.15) is 0 Å². The highest BCUT2D eigenvalue weighted by molar-refractivity contribution is 5.95. The lowest BCUT2D eigenvalue weighted by Gasteiger charge is -2.32. The van der Waals surface area contributed by atoms with Gasteiger partial charge in [0, 0.05) is 45.5 Å². The van der Waals surface area contributed by atoms with Crippen LogP contribution in [0.15, 0.2) is 42.6 Å². The van der Waals surface area contributed by atoms with E-state index >= 15 is 0 Å². The summed E-state index contributed by atoms with van der Waals surface area (Å²) >= 11 is 0. The first kappa shape index (κ1) is 18.6. The van der Waals surface area contributed by atoms with Crippen LogP contribution >= 0.6 is 0 Å². The second-order valence-electron chi connectivity index (χ2n) is 7.56. The molecule has 0 spiro atoms. The quantitative estimate of drug-likeness (QED) is 0.823. The summed E-state index contributed by atoms with van der Waals surface area (Å²) < 4.78 is 0. The van der Waals surface area contributed by atoms with Crippen molar-refractivity contribution in [2.24, 2.45) is 0 Å². The summed E-state index contributed by atoms with van der Waals surface area (Å²) in [5.41, 5.74) is 3.91. The van der Waals surface area contributed by atoms with E-state index in [0.29, 0.717) is 12.1 Å². The van der Waals surface area contributed by atoms with E-state index in [1.54, 1.807) is 6.20 Å². The van der Waals surface area contributed by atoms with Gasteiger partial charge >= 0.3 is 0 Å². The Kier molecular flexibility index (Phi) is 5.39. The average Bonchev–Trinajstić information content (AvgIpc) is 2.74. The third kappa shape index (κ3) is 3.92. The number of aryl methyl sites for hydroxylation is 1. The summed E-state index contributed by atoms with van der Waals surface area (Å²) in [5.74, 6) is 0.748. The number of carbonyl (C=O) groups is 1. The summed E-state index contributed by atoms with van der Waals surface area (Å²) in [6.07, 6.45) is 4.73. The van der Waals surface area contributed by atoms with Gasteiger partial charge in [-0.1, -0.05) is 36.4 Å². The number of likely N-dealkylation sites (N-methyl/N-ethyl adjacent to an activating group) is 1. The number of piperazine rings is 1. The molecule has 1 amide bonds. The molecule has 0 saturated carbocycles. The molecule has 0 atom stereocenters. The van der Waals surface area contributed by atoms with E-state index in [9.17, 15) is 4.79 Å². The van der Waals surface area contributed by atoms with E-state index in [0.717, 1.165) is 50.8 Å². The number of benzene rings is 1. The largest absolute Gasteiger partial charge is 0.338 e. The van der Waals surface area contributed by atoms with Gasteiger partial charge in [0.2, 0.25) is 5.95 Å². The van der Waals surface area contributed by atoms with E-state index in [-0.39, 0.29) is 5.91 Å². The molecule has 1 fully saturated rings. The normalized spacial score (nSPS) is 18.1. The maximum atomic E-state index is 13.0. The Morgan fingerprint density at radius 3 is 2.43 bits per heavy atom. The molecule has 1 saturated heterocycles. The number of rotatable bonds is 3. The summed E-state index contributed by atoms with van der Waals surface area (Å²) in [6, 6.07) is 10.4. The highest BCUT2D eigenvalue weighted by Gasteiger charge is 2.23. The Morgan fingerprint density at radius 1 is 1.04 bits per heavy atom. The van der Waals surface area contributed by atoms with Gasteiger partial charge in [-0.05, 0) is 31.5 Å². The molecular weight excluding hydrogens is 350 g/mol. The van der Waals surface area contributed by atoms with Gasteiger partial charge in [0.1, 0.15) is 0 Å². The van der Waals surface area contributed by atoms with E-state index in [1.165, 1.54) is 11.1 Å². The molecule has 6 nitrogen and oxygen atoms in total. The molecule has 1 aromatic heterocycles. The third-order valence-electron chi connectivity index (χ3n) is 5.62. The fourth-order valence-electron chi connectivity index (χ4n) is 3.76. The Bertz CT molecular complexity index is 872. The molecule has 6 heteroatoms.